The Labute approximate surface area is 226 Å². The lowest BCUT2D eigenvalue weighted by Gasteiger charge is -2.17. The summed E-state index contributed by atoms with van der Waals surface area (Å²) in [6, 6.07) is 23.3. The first-order valence-electron chi connectivity index (χ1n) is 11.6. The van der Waals surface area contributed by atoms with Crippen molar-refractivity contribution in [3.05, 3.63) is 140 Å². The number of anilines is 1. The van der Waals surface area contributed by atoms with Crippen LogP contribution in [-0.4, -0.2) is 28.5 Å². The molecule has 0 fully saturated rings. The number of hydrogen-bond donors (Lipinski definition) is 0. The van der Waals surface area contributed by atoms with Gasteiger partial charge in [-0.15, -0.1) is 0 Å². The van der Waals surface area contributed by atoms with Crippen molar-refractivity contribution in [3.63, 3.8) is 0 Å². The molecule has 2 amide bonds. The number of imide groups is 1. The van der Waals surface area contributed by atoms with Gasteiger partial charge in [0, 0.05) is 28.3 Å². The monoisotopic (exact) mass is 540 g/mol. The highest BCUT2D eigenvalue weighted by Gasteiger charge is 2.37. The van der Waals surface area contributed by atoms with Crippen molar-refractivity contribution in [1.82, 2.24) is 0 Å². The number of hydrogen-bond acceptors (Lipinski definition) is 7. The predicted octanol–water partition coefficient (Wildman–Crippen LogP) is 5.83. The molecule has 0 saturated heterocycles. The van der Waals surface area contributed by atoms with Crippen molar-refractivity contribution >= 4 is 46.5 Å². The van der Waals surface area contributed by atoms with Crippen LogP contribution in [0.4, 0.5) is 11.4 Å². The van der Waals surface area contributed by atoms with Gasteiger partial charge in [0.05, 0.1) is 27.3 Å². The van der Waals surface area contributed by atoms with Crippen LogP contribution in [0.1, 0.15) is 53.1 Å². The number of nitrogens with zero attached hydrogens (tertiary/aromatic N) is 2. The van der Waals surface area contributed by atoms with E-state index in [1.165, 1.54) is 54.6 Å². The van der Waals surface area contributed by atoms with Gasteiger partial charge in [0.2, 0.25) is 5.78 Å². The minimum absolute atomic E-state index is 0.00525. The molecule has 1 aliphatic heterocycles. The summed E-state index contributed by atoms with van der Waals surface area (Å²) in [5, 5.41) is 11.5. The van der Waals surface area contributed by atoms with E-state index in [0.29, 0.717) is 10.7 Å². The molecule has 1 aliphatic rings. The number of fused-ring (bicyclic) bond motifs is 1. The van der Waals surface area contributed by atoms with E-state index >= 15 is 0 Å². The van der Waals surface area contributed by atoms with Crippen LogP contribution >= 0.6 is 11.6 Å². The zero-order valence-electron chi connectivity index (χ0n) is 19.9. The molecule has 10 heteroatoms. The number of ketones is 1. The van der Waals surface area contributed by atoms with E-state index in [-0.39, 0.29) is 33.5 Å². The summed E-state index contributed by atoms with van der Waals surface area (Å²) in [6.07, 6.45) is -1.42. The zero-order chi connectivity index (χ0) is 27.7. The largest absolute Gasteiger partial charge is 0.445 e. The number of nitro groups is 1. The molecule has 1 atom stereocenters. The standard InChI is InChI=1S/C29H17ClN2O7/c30-20-9-13-21(14-10-20)31-27(34)23-15-8-19(16-24(23)28(31)35)29(36)39-26(25(33)17-4-2-1-3-5-17)18-6-11-22(12-7-18)32(37)38/h1-16,26H/t26-/m1/s1. The third-order valence-corrected chi connectivity index (χ3v) is 6.39. The first-order valence-corrected chi connectivity index (χ1v) is 12.0. The molecule has 0 unspecified atom stereocenters. The maximum atomic E-state index is 13.3. The first kappa shape index (κ1) is 25.5. The fourth-order valence-electron chi connectivity index (χ4n) is 4.17. The number of Topliss-reactive ketones (excluding diaryl/α,β-unsaturated/α-hetero) is 1. The van der Waals surface area contributed by atoms with E-state index < -0.39 is 34.6 Å². The van der Waals surface area contributed by atoms with Gasteiger partial charge in [-0.3, -0.25) is 24.5 Å². The summed E-state index contributed by atoms with van der Waals surface area (Å²) in [5.74, 6) is -2.64. The molecule has 4 aromatic carbocycles. The van der Waals surface area contributed by atoms with E-state index in [1.54, 1.807) is 42.5 Å². The minimum Gasteiger partial charge on any atom is -0.445 e. The molecular weight excluding hydrogens is 524 g/mol. The van der Waals surface area contributed by atoms with Crippen LogP contribution in [0.5, 0.6) is 0 Å². The van der Waals surface area contributed by atoms with Crippen molar-refractivity contribution in [1.29, 1.82) is 0 Å². The Balaban J connectivity index is 1.45. The van der Waals surface area contributed by atoms with Crippen molar-refractivity contribution < 1.29 is 28.8 Å². The van der Waals surface area contributed by atoms with Gasteiger partial charge in [-0.05, 0) is 54.6 Å². The Morgan fingerprint density at radius 3 is 2.08 bits per heavy atom. The summed E-state index contributed by atoms with van der Waals surface area (Å²) in [5.41, 5.74) is 0.681. The van der Waals surface area contributed by atoms with E-state index in [0.717, 1.165) is 4.90 Å². The summed E-state index contributed by atoms with van der Waals surface area (Å²) >= 11 is 5.91. The van der Waals surface area contributed by atoms with Crippen LogP contribution in [0.3, 0.4) is 0 Å². The van der Waals surface area contributed by atoms with Crippen molar-refractivity contribution in [3.8, 4) is 0 Å². The number of carbonyl (C=O) groups is 4. The molecule has 0 N–H and O–H groups in total. The topological polar surface area (TPSA) is 124 Å². The van der Waals surface area contributed by atoms with Crippen molar-refractivity contribution in [2.45, 2.75) is 6.10 Å². The lowest BCUT2D eigenvalue weighted by atomic mass is 9.99. The highest BCUT2D eigenvalue weighted by atomic mass is 35.5. The summed E-state index contributed by atoms with van der Waals surface area (Å²) in [4.78, 5) is 64.0. The Bertz CT molecular complexity index is 1640. The van der Waals surface area contributed by atoms with Crippen molar-refractivity contribution in [2.75, 3.05) is 4.90 Å². The van der Waals surface area contributed by atoms with Gasteiger partial charge < -0.3 is 4.74 Å². The highest BCUT2D eigenvalue weighted by molar-refractivity contribution is 6.35. The van der Waals surface area contributed by atoms with Gasteiger partial charge in [-0.25, -0.2) is 9.69 Å². The van der Waals surface area contributed by atoms with Crippen LogP contribution in [0, 0.1) is 10.1 Å². The Hall–Kier alpha value is -5.15. The van der Waals surface area contributed by atoms with Gasteiger partial charge in [0.1, 0.15) is 0 Å². The van der Waals surface area contributed by atoms with Gasteiger partial charge in [-0.1, -0.05) is 41.9 Å². The SMILES string of the molecule is O=C(O[C@@H](C(=O)c1ccccc1)c1ccc([N+](=O)[O-])cc1)c1ccc2c(c1)C(=O)N(c1ccc(Cl)cc1)C2=O. The number of carbonyl (C=O) groups excluding carboxylic acids is 4. The van der Waals surface area contributed by atoms with E-state index in [1.807, 2.05) is 0 Å². The second kappa shape index (κ2) is 10.3. The highest BCUT2D eigenvalue weighted by Crippen LogP contribution is 2.31. The second-order valence-corrected chi connectivity index (χ2v) is 8.98. The summed E-state index contributed by atoms with van der Waals surface area (Å²) in [6.45, 7) is 0. The number of ether oxygens (including phenoxy) is 1. The maximum Gasteiger partial charge on any atom is 0.339 e. The second-order valence-electron chi connectivity index (χ2n) is 8.55. The van der Waals surface area contributed by atoms with Crippen LogP contribution in [0.15, 0.2) is 97.1 Å². The third kappa shape index (κ3) is 4.90. The quantitative estimate of drug-likeness (QED) is 0.0949. The smallest absolute Gasteiger partial charge is 0.339 e. The molecule has 5 rings (SSSR count). The average molecular weight is 541 g/mol. The third-order valence-electron chi connectivity index (χ3n) is 6.14. The molecule has 9 nitrogen and oxygen atoms in total. The molecule has 4 aromatic rings. The molecule has 0 radical (unpaired) electrons. The van der Waals surface area contributed by atoms with Gasteiger partial charge in [-0.2, -0.15) is 0 Å². The zero-order valence-corrected chi connectivity index (χ0v) is 20.7. The first-order chi connectivity index (χ1) is 18.7. The van der Waals surface area contributed by atoms with Gasteiger partial charge in [0.25, 0.3) is 17.5 Å². The Kier molecular flexibility index (Phi) is 6.74. The molecule has 0 saturated carbocycles. The number of non-ortho nitro benzene ring substituents is 1. The normalized spacial score (nSPS) is 13.1. The average Bonchev–Trinajstić information content (AvgIpc) is 3.21. The van der Waals surface area contributed by atoms with E-state index in [2.05, 4.69) is 0 Å². The molecule has 0 aromatic heterocycles. The number of nitro benzene ring substituents is 1. The number of halogens is 1. The Morgan fingerprint density at radius 2 is 1.44 bits per heavy atom. The Morgan fingerprint density at radius 1 is 0.795 bits per heavy atom. The summed E-state index contributed by atoms with van der Waals surface area (Å²) in [7, 11) is 0. The van der Waals surface area contributed by atoms with Crippen LogP contribution in [0.25, 0.3) is 0 Å². The number of esters is 1. The molecular formula is C29H17ClN2O7. The van der Waals surface area contributed by atoms with E-state index in [4.69, 9.17) is 16.3 Å². The lowest BCUT2D eigenvalue weighted by Crippen LogP contribution is -2.29. The van der Waals surface area contributed by atoms with Crippen LogP contribution in [-0.2, 0) is 4.74 Å². The molecule has 0 bridgehead atoms. The molecule has 39 heavy (non-hydrogen) atoms. The lowest BCUT2D eigenvalue weighted by molar-refractivity contribution is -0.384. The number of benzene rings is 4. The maximum absolute atomic E-state index is 13.3. The van der Waals surface area contributed by atoms with Crippen molar-refractivity contribution in [2.24, 2.45) is 0 Å². The summed E-state index contributed by atoms with van der Waals surface area (Å²) < 4.78 is 5.60. The number of rotatable bonds is 7. The minimum atomic E-state index is -1.42. The molecule has 192 valence electrons. The van der Waals surface area contributed by atoms with Gasteiger partial charge >= 0.3 is 5.97 Å². The van der Waals surface area contributed by atoms with Crippen LogP contribution < -0.4 is 4.90 Å². The van der Waals surface area contributed by atoms with E-state index in [9.17, 15) is 29.3 Å². The van der Waals surface area contributed by atoms with Crippen LogP contribution in [0.2, 0.25) is 5.02 Å². The fraction of sp³-hybridized carbons (Fsp3) is 0.0345. The van der Waals surface area contributed by atoms with Gasteiger partial charge in [0.15, 0.2) is 6.10 Å². The molecule has 1 heterocycles. The fourth-order valence-corrected chi connectivity index (χ4v) is 4.29. The number of amides is 2. The molecule has 0 aliphatic carbocycles. The predicted molar refractivity (Wildman–Crippen MR) is 141 cm³/mol. The molecule has 0 spiro atoms.